The van der Waals surface area contributed by atoms with E-state index in [0.717, 1.165) is 40.1 Å². The number of benzene rings is 2. The van der Waals surface area contributed by atoms with E-state index in [2.05, 4.69) is 5.32 Å². The largest absolute Gasteiger partial charge is 0.354 e. The van der Waals surface area contributed by atoms with Crippen LogP contribution in [0.15, 0.2) is 48.5 Å². The van der Waals surface area contributed by atoms with Gasteiger partial charge in [0.2, 0.25) is 21.8 Å². The van der Waals surface area contributed by atoms with Crippen molar-refractivity contribution in [2.24, 2.45) is 0 Å². The predicted octanol–water partition coefficient (Wildman–Crippen LogP) is 3.66. The topological polar surface area (TPSA) is 86.8 Å². The molecule has 0 radical (unpaired) electrons. The lowest BCUT2D eigenvalue weighted by Crippen LogP contribution is -2.51. The molecule has 0 heterocycles. The molecule has 0 unspecified atom stereocenters. The maximum absolute atomic E-state index is 13.6. The molecule has 7 nitrogen and oxygen atoms in total. The van der Waals surface area contributed by atoms with Crippen molar-refractivity contribution in [3.63, 3.8) is 0 Å². The number of nitrogens with zero attached hydrogens (tertiary/aromatic N) is 2. The average Bonchev–Trinajstić information content (AvgIpc) is 2.81. The molecule has 2 aromatic carbocycles. The minimum Gasteiger partial charge on any atom is -0.354 e. The normalized spacial score (nSPS) is 12.1. The highest BCUT2D eigenvalue weighted by Crippen LogP contribution is 2.24. The molecule has 2 aromatic rings. The lowest BCUT2D eigenvalue weighted by molar-refractivity contribution is -0.139. The van der Waals surface area contributed by atoms with Crippen LogP contribution in [0.25, 0.3) is 0 Å². The number of anilines is 1. The van der Waals surface area contributed by atoms with Crippen molar-refractivity contribution in [1.29, 1.82) is 0 Å². The first kappa shape index (κ1) is 27.4. The van der Waals surface area contributed by atoms with Gasteiger partial charge in [0, 0.05) is 13.1 Å². The van der Waals surface area contributed by atoms with Crippen LogP contribution in [0.2, 0.25) is 0 Å². The van der Waals surface area contributed by atoms with Crippen LogP contribution in [0.3, 0.4) is 0 Å². The molecule has 2 amide bonds. The van der Waals surface area contributed by atoms with Crippen molar-refractivity contribution < 1.29 is 18.0 Å². The van der Waals surface area contributed by atoms with Crippen molar-refractivity contribution in [2.75, 3.05) is 23.7 Å². The first-order valence-electron chi connectivity index (χ1n) is 11.8. The molecule has 0 aromatic heterocycles. The van der Waals surface area contributed by atoms with Gasteiger partial charge in [0.25, 0.3) is 0 Å². The van der Waals surface area contributed by atoms with E-state index in [0.29, 0.717) is 18.7 Å². The SMILES string of the molecule is CCCCNC(=O)[C@H](C)N(Cc1ccc(C)cc1)C(=O)CN(c1ccccc1CC)S(C)(=O)=O. The Bertz CT molecular complexity index is 1070. The van der Waals surface area contributed by atoms with Crippen molar-refractivity contribution in [1.82, 2.24) is 10.2 Å². The smallest absolute Gasteiger partial charge is 0.244 e. The zero-order valence-corrected chi connectivity index (χ0v) is 21.7. The summed E-state index contributed by atoms with van der Waals surface area (Å²) in [7, 11) is -3.74. The van der Waals surface area contributed by atoms with Crippen molar-refractivity contribution in [3.8, 4) is 0 Å². The van der Waals surface area contributed by atoms with E-state index in [1.165, 1.54) is 4.90 Å². The quantitative estimate of drug-likeness (QED) is 0.463. The lowest BCUT2D eigenvalue weighted by atomic mass is 10.1. The van der Waals surface area contributed by atoms with Crippen LogP contribution >= 0.6 is 0 Å². The van der Waals surface area contributed by atoms with Crippen molar-refractivity contribution in [3.05, 3.63) is 65.2 Å². The van der Waals surface area contributed by atoms with Gasteiger partial charge in [-0.15, -0.1) is 0 Å². The summed E-state index contributed by atoms with van der Waals surface area (Å²) in [6.07, 6.45) is 3.51. The lowest BCUT2D eigenvalue weighted by Gasteiger charge is -2.32. The minimum absolute atomic E-state index is 0.203. The number of hydrogen-bond acceptors (Lipinski definition) is 4. The van der Waals surface area contributed by atoms with Crippen LogP contribution in [-0.2, 0) is 32.6 Å². The van der Waals surface area contributed by atoms with Gasteiger partial charge in [-0.05, 0) is 43.9 Å². The first-order chi connectivity index (χ1) is 16.1. The van der Waals surface area contributed by atoms with Gasteiger partial charge < -0.3 is 10.2 Å². The number of carbonyl (C=O) groups is 2. The van der Waals surface area contributed by atoms with Gasteiger partial charge in [-0.3, -0.25) is 13.9 Å². The molecule has 0 saturated carbocycles. The summed E-state index contributed by atoms with van der Waals surface area (Å²) in [6.45, 7) is 7.99. The maximum atomic E-state index is 13.6. The molecule has 0 aliphatic rings. The molecule has 1 atom stereocenters. The number of para-hydroxylation sites is 1. The minimum atomic E-state index is -3.74. The Labute approximate surface area is 204 Å². The van der Waals surface area contributed by atoms with Crippen LogP contribution in [0.1, 0.15) is 50.3 Å². The fourth-order valence-electron chi connectivity index (χ4n) is 3.66. The van der Waals surface area contributed by atoms with E-state index in [1.807, 2.05) is 57.2 Å². The third-order valence-corrected chi connectivity index (χ3v) is 6.92. The fraction of sp³-hybridized carbons (Fsp3) is 0.462. The Balaban J connectivity index is 2.37. The Morgan fingerprint density at radius 1 is 1.03 bits per heavy atom. The number of carbonyl (C=O) groups excluding carboxylic acids is 2. The molecule has 1 N–H and O–H groups in total. The Morgan fingerprint density at radius 2 is 1.68 bits per heavy atom. The molecule has 0 bridgehead atoms. The van der Waals surface area contributed by atoms with E-state index in [4.69, 9.17) is 0 Å². The Hall–Kier alpha value is -2.87. The van der Waals surface area contributed by atoms with E-state index < -0.39 is 22.0 Å². The monoisotopic (exact) mass is 487 g/mol. The van der Waals surface area contributed by atoms with Gasteiger partial charge in [-0.1, -0.05) is 68.3 Å². The van der Waals surface area contributed by atoms with Crippen LogP contribution in [-0.4, -0.2) is 50.5 Å². The number of hydrogen-bond donors (Lipinski definition) is 1. The van der Waals surface area contributed by atoms with Crippen LogP contribution in [0.4, 0.5) is 5.69 Å². The van der Waals surface area contributed by atoms with Gasteiger partial charge in [0.05, 0.1) is 11.9 Å². The molecule has 2 rings (SSSR count). The fourth-order valence-corrected chi connectivity index (χ4v) is 4.54. The molecule has 34 heavy (non-hydrogen) atoms. The highest BCUT2D eigenvalue weighted by Gasteiger charge is 2.30. The second-order valence-electron chi connectivity index (χ2n) is 8.58. The van der Waals surface area contributed by atoms with Gasteiger partial charge in [0.1, 0.15) is 12.6 Å². The molecule has 186 valence electrons. The number of rotatable bonds is 12. The number of unbranched alkanes of at least 4 members (excludes halogenated alkanes) is 1. The molecular formula is C26H37N3O4S. The summed E-state index contributed by atoms with van der Waals surface area (Å²) in [5.74, 6) is -0.691. The molecular weight excluding hydrogens is 450 g/mol. The molecule has 0 spiro atoms. The Kier molecular flexibility index (Phi) is 10.1. The summed E-state index contributed by atoms with van der Waals surface area (Å²) >= 11 is 0. The van der Waals surface area contributed by atoms with Crippen molar-refractivity contribution >= 4 is 27.5 Å². The molecule has 0 aliphatic carbocycles. The molecule has 0 fully saturated rings. The third-order valence-electron chi connectivity index (χ3n) is 5.79. The summed E-state index contributed by atoms with van der Waals surface area (Å²) in [5.41, 5.74) is 3.27. The number of aryl methyl sites for hydroxylation is 2. The summed E-state index contributed by atoms with van der Waals surface area (Å²) in [6, 6.07) is 14.1. The van der Waals surface area contributed by atoms with E-state index >= 15 is 0 Å². The summed E-state index contributed by atoms with van der Waals surface area (Å²) in [4.78, 5) is 27.8. The van der Waals surface area contributed by atoms with E-state index in [-0.39, 0.29) is 19.0 Å². The molecule has 0 aliphatic heterocycles. The zero-order valence-electron chi connectivity index (χ0n) is 20.9. The van der Waals surface area contributed by atoms with Gasteiger partial charge in [-0.2, -0.15) is 0 Å². The van der Waals surface area contributed by atoms with E-state index in [1.54, 1.807) is 19.1 Å². The van der Waals surface area contributed by atoms with Crippen molar-refractivity contribution in [2.45, 2.75) is 59.5 Å². The highest BCUT2D eigenvalue weighted by atomic mass is 32.2. The zero-order chi connectivity index (χ0) is 25.3. The number of amides is 2. The maximum Gasteiger partial charge on any atom is 0.244 e. The van der Waals surface area contributed by atoms with Gasteiger partial charge in [-0.25, -0.2) is 8.42 Å². The number of sulfonamides is 1. The number of nitrogens with one attached hydrogen (secondary N) is 1. The second kappa shape index (κ2) is 12.6. The second-order valence-corrected chi connectivity index (χ2v) is 10.5. The van der Waals surface area contributed by atoms with Crippen LogP contribution in [0, 0.1) is 6.92 Å². The third kappa shape index (κ3) is 7.58. The highest BCUT2D eigenvalue weighted by molar-refractivity contribution is 7.92. The average molecular weight is 488 g/mol. The summed E-state index contributed by atoms with van der Waals surface area (Å²) < 4.78 is 26.6. The van der Waals surface area contributed by atoms with Crippen LogP contribution < -0.4 is 9.62 Å². The standard InChI is InChI=1S/C26H37N3O4S/c1-6-8-17-27-26(31)21(4)28(18-22-15-13-20(3)14-16-22)25(30)19-29(34(5,32)33)24-12-10-9-11-23(24)7-2/h9-16,21H,6-8,17-19H2,1-5H3,(H,27,31)/t21-/m0/s1. The summed E-state index contributed by atoms with van der Waals surface area (Å²) in [5, 5.41) is 2.88. The molecule has 8 heteroatoms. The van der Waals surface area contributed by atoms with Gasteiger partial charge in [0.15, 0.2) is 0 Å². The van der Waals surface area contributed by atoms with Crippen LogP contribution in [0.5, 0.6) is 0 Å². The van der Waals surface area contributed by atoms with Gasteiger partial charge >= 0.3 is 0 Å². The Morgan fingerprint density at radius 3 is 2.26 bits per heavy atom. The molecule has 0 saturated heterocycles. The predicted molar refractivity (Wildman–Crippen MR) is 137 cm³/mol. The first-order valence-corrected chi connectivity index (χ1v) is 13.6. The van der Waals surface area contributed by atoms with E-state index in [9.17, 15) is 18.0 Å².